The van der Waals surface area contributed by atoms with E-state index in [1.165, 1.54) is 31.7 Å². The lowest BCUT2D eigenvalue weighted by Gasteiger charge is -2.31. The van der Waals surface area contributed by atoms with Crippen LogP contribution in [0.15, 0.2) is 18.2 Å². The monoisotopic (exact) mass is 347 g/mol. The van der Waals surface area contributed by atoms with Gasteiger partial charge in [0.2, 0.25) is 0 Å². The molecule has 1 unspecified atom stereocenters. The Bertz CT molecular complexity index is 386. The average Bonchev–Trinajstić information content (AvgIpc) is 2.29. The van der Waals surface area contributed by atoms with Gasteiger partial charge in [0.25, 0.3) is 0 Å². The molecule has 1 saturated carbocycles. The molecule has 0 radical (unpaired) electrons. The topological polar surface area (TPSA) is 26.0 Å². The van der Waals surface area contributed by atoms with Crippen molar-refractivity contribution in [3.05, 3.63) is 33.1 Å². The lowest BCUT2D eigenvalue weighted by molar-refractivity contribution is 0.255. The van der Waals surface area contributed by atoms with Crippen molar-refractivity contribution in [1.29, 1.82) is 0 Å². The van der Waals surface area contributed by atoms with Gasteiger partial charge in [0.15, 0.2) is 0 Å². The second-order valence-electron chi connectivity index (χ2n) is 5.21. The van der Waals surface area contributed by atoms with E-state index < -0.39 is 0 Å². The van der Waals surface area contributed by atoms with Crippen molar-refractivity contribution in [2.45, 2.75) is 38.6 Å². The van der Waals surface area contributed by atoms with Gasteiger partial charge in [-0.2, -0.15) is 0 Å². The van der Waals surface area contributed by atoms with Crippen molar-refractivity contribution >= 4 is 22.6 Å². The van der Waals surface area contributed by atoms with Crippen LogP contribution in [0.4, 0.5) is 4.39 Å². The van der Waals surface area contributed by atoms with Crippen LogP contribution in [0, 0.1) is 21.2 Å². The van der Waals surface area contributed by atoms with E-state index in [0.29, 0.717) is 5.92 Å². The molecule has 0 aromatic heterocycles. The van der Waals surface area contributed by atoms with Crippen LogP contribution in [0.25, 0.3) is 0 Å². The Morgan fingerprint density at radius 3 is 2.53 bits per heavy atom. The minimum absolute atomic E-state index is 0.0648. The predicted octanol–water partition coefficient (Wildman–Crippen LogP) is 4.26. The standard InChI is InChI=1S/C14H19FIN/c1-9-2-4-10(5-3-9)14(17)12-7-6-11(15)8-13(12)16/h6-10,14H,2-5,17H2,1H3. The lowest BCUT2D eigenvalue weighted by atomic mass is 9.78. The van der Waals surface area contributed by atoms with E-state index in [9.17, 15) is 4.39 Å². The third-order valence-corrected chi connectivity index (χ3v) is 4.82. The summed E-state index contributed by atoms with van der Waals surface area (Å²) >= 11 is 2.18. The van der Waals surface area contributed by atoms with Gasteiger partial charge in [0.1, 0.15) is 5.82 Å². The summed E-state index contributed by atoms with van der Waals surface area (Å²) in [5.74, 6) is 1.22. The maximum atomic E-state index is 13.1. The van der Waals surface area contributed by atoms with E-state index in [1.807, 2.05) is 6.07 Å². The fourth-order valence-electron chi connectivity index (χ4n) is 2.67. The fourth-order valence-corrected chi connectivity index (χ4v) is 3.51. The Hall–Kier alpha value is -0.160. The summed E-state index contributed by atoms with van der Waals surface area (Å²) in [6.45, 7) is 2.31. The summed E-state index contributed by atoms with van der Waals surface area (Å²) in [6, 6.07) is 5.00. The van der Waals surface area contributed by atoms with Crippen molar-refractivity contribution in [3.63, 3.8) is 0 Å². The van der Waals surface area contributed by atoms with Crippen LogP contribution in [0.5, 0.6) is 0 Å². The third-order valence-electron chi connectivity index (χ3n) is 3.89. The molecule has 0 amide bonds. The first kappa shape index (κ1) is 13.3. The fraction of sp³-hybridized carbons (Fsp3) is 0.571. The first-order valence-corrected chi connectivity index (χ1v) is 7.36. The van der Waals surface area contributed by atoms with E-state index in [2.05, 4.69) is 29.5 Å². The molecule has 3 heteroatoms. The highest BCUT2D eigenvalue weighted by Gasteiger charge is 2.25. The van der Waals surface area contributed by atoms with Gasteiger partial charge >= 0.3 is 0 Å². The molecule has 2 N–H and O–H groups in total. The number of rotatable bonds is 2. The van der Waals surface area contributed by atoms with Crippen molar-refractivity contribution < 1.29 is 4.39 Å². The van der Waals surface area contributed by atoms with Gasteiger partial charge in [-0.3, -0.25) is 0 Å². The zero-order valence-corrected chi connectivity index (χ0v) is 12.3. The minimum atomic E-state index is -0.178. The second kappa shape index (κ2) is 5.65. The molecular formula is C14H19FIN. The highest BCUT2D eigenvalue weighted by atomic mass is 127. The molecule has 17 heavy (non-hydrogen) atoms. The van der Waals surface area contributed by atoms with Crippen molar-refractivity contribution in [2.75, 3.05) is 0 Å². The van der Waals surface area contributed by atoms with Crippen LogP contribution < -0.4 is 5.73 Å². The van der Waals surface area contributed by atoms with Gasteiger partial charge in [-0.05, 0) is 65.0 Å². The van der Waals surface area contributed by atoms with Crippen LogP contribution >= 0.6 is 22.6 Å². The highest BCUT2D eigenvalue weighted by Crippen LogP contribution is 2.36. The van der Waals surface area contributed by atoms with Gasteiger partial charge in [-0.1, -0.05) is 25.8 Å². The molecule has 0 aliphatic heterocycles. The van der Waals surface area contributed by atoms with Crippen LogP contribution in [-0.2, 0) is 0 Å². The molecule has 0 heterocycles. The molecule has 1 fully saturated rings. The maximum absolute atomic E-state index is 13.1. The summed E-state index contributed by atoms with van der Waals surface area (Å²) in [7, 11) is 0. The zero-order valence-electron chi connectivity index (χ0n) is 10.1. The van der Waals surface area contributed by atoms with Crippen LogP contribution in [0.2, 0.25) is 0 Å². The van der Waals surface area contributed by atoms with E-state index >= 15 is 0 Å². The molecule has 0 saturated heterocycles. The summed E-state index contributed by atoms with van der Waals surface area (Å²) in [6.07, 6.45) is 4.96. The number of hydrogen-bond donors (Lipinski definition) is 1. The third kappa shape index (κ3) is 3.19. The Morgan fingerprint density at radius 2 is 1.94 bits per heavy atom. The van der Waals surface area contributed by atoms with E-state index in [-0.39, 0.29) is 11.9 Å². The normalized spacial score (nSPS) is 26.8. The quantitative estimate of drug-likeness (QED) is 0.795. The van der Waals surface area contributed by atoms with Gasteiger partial charge in [0.05, 0.1) is 0 Å². The molecule has 0 spiro atoms. The summed E-state index contributed by atoms with van der Waals surface area (Å²) in [4.78, 5) is 0. The van der Waals surface area contributed by atoms with E-state index in [0.717, 1.165) is 15.1 Å². The molecule has 1 aromatic carbocycles. The van der Waals surface area contributed by atoms with Crippen molar-refractivity contribution in [1.82, 2.24) is 0 Å². The summed E-state index contributed by atoms with van der Waals surface area (Å²) < 4.78 is 14.0. The Morgan fingerprint density at radius 1 is 1.29 bits per heavy atom. The molecule has 1 aliphatic rings. The first-order valence-electron chi connectivity index (χ1n) is 6.28. The van der Waals surface area contributed by atoms with Gasteiger partial charge in [-0.25, -0.2) is 4.39 Å². The number of benzene rings is 1. The van der Waals surface area contributed by atoms with Gasteiger partial charge in [0, 0.05) is 9.61 Å². The highest BCUT2D eigenvalue weighted by molar-refractivity contribution is 14.1. The predicted molar refractivity (Wildman–Crippen MR) is 77.2 cm³/mol. The lowest BCUT2D eigenvalue weighted by Crippen LogP contribution is -2.26. The van der Waals surface area contributed by atoms with Crippen molar-refractivity contribution in [3.8, 4) is 0 Å². The Kier molecular flexibility index (Phi) is 4.42. The van der Waals surface area contributed by atoms with E-state index in [1.54, 1.807) is 6.07 Å². The Balaban J connectivity index is 2.11. The van der Waals surface area contributed by atoms with E-state index in [4.69, 9.17) is 5.73 Å². The molecular weight excluding hydrogens is 328 g/mol. The van der Waals surface area contributed by atoms with Crippen LogP contribution in [0.3, 0.4) is 0 Å². The number of hydrogen-bond acceptors (Lipinski definition) is 1. The Labute approximate surface area is 116 Å². The summed E-state index contributed by atoms with van der Waals surface area (Å²) in [5.41, 5.74) is 7.44. The number of halogens is 2. The van der Waals surface area contributed by atoms with Gasteiger partial charge in [-0.15, -0.1) is 0 Å². The molecule has 1 atom stereocenters. The first-order chi connectivity index (χ1) is 8.08. The zero-order chi connectivity index (χ0) is 12.4. The maximum Gasteiger partial charge on any atom is 0.124 e. The molecule has 1 aromatic rings. The molecule has 2 rings (SSSR count). The average molecular weight is 347 g/mol. The molecule has 1 aliphatic carbocycles. The largest absolute Gasteiger partial charge is 0.324 e. The smallest absolute Gasteiger partial charge is 0.124 e. The van der Waals surface area contributed by atoms with Gasteiger partial charge < -0.3 is 5.73 Å². The van der Waals surface area contributed by atoms with Crippen molar-refractivity contribution in [2.24, 2.45) is 17.6 Å². The number of nitrogens with two attached hydrogens (primary N) is 1. The second-order valence-corrected chi connectivity index (χ2v) is 6.37. The SMILES string of the molecule is CC1CCC(C(N)c2ccc(F)cc2I)CC1. The van der Waals surface area contributed by atoms with Crippen LogP contribution in [-0.4, -0.2) is 0 Å². The van der Waals surface area contributed by atoms with Crippen LogP contribution in [0.1, 0.15) is 44.2 Å². The molecule has 0 bridgehead atoms. The molecule has 94 valence electrons. The summed E-state index contributed by atoms with van der Waals surface area (Å²) in [5, 5.41) is 0. The minimum Gasteiger partial charge on any atom is -0.324 e. The molecule has 1 nitrogen and oxygen atoms in total.